The van der Waals surface area contributed by atoms with Gasteiger partial charge in [0.05, 0.1) is 18.8 Å². The van der Waals surface area contributed by atoms with Crippen molar-refractivity contribution in [1.29, 1.82) is 0 Å². The number of nitrogens with one attached hydrogen (secondary N) is 1. The second-order valence-corrected chi connectivity index (χ2v) is 6.02. The molecule has 0 atom stereocenters. The van der Waals surface area contributed by atoms with E-state index in [1.807, 2.05) is 0 Å². The largest absolute Gasteiger partial charge is 0.395 e. The molecule has 2 aromatic rings. The number of hydrogen-bond acceptors (Lipinski definition) is 5. The Kier molecular flexibility index (Phi) is 5.16. The lowest BCUT2D eigenvalue weighted by Crippen LogP contribution is -2.34. The van der Waals surface area contributed by atoms with E-state index in [9.17, 15) is 14.4 Å². The van der Waals surface area contributed by atoms with Gasteiger partial charge in [0.15, 0.2) is 5.78 Å². The van der Waals surface area contributed by atoms with E-state index in [1.54, 1.807) is 42.5 Å². The molecule has 1 aliphatic heterocycles. The second kappa shape index (κ2) is 7.51. The maximum Gasteiger partial charge on any atom is 0.277 e. The van der Waals surface area contributed by atoms with Crippen molar-refractivity contribution in [2.75, 3.05) is 18.5 Å². The van der Waals surface area contributed by atoms with Crippen LogP contribution in [0.1, 0.15) is 15.9 Å². The number of imide groups is 1. The fourth-order valence-corrected chi connectivity index (χ4v) is 2.79. The summed E-state index contributed by atoms with van der Waals surface area (Å²) in [5, 5.41) is 12.2. The first-order valence-corrected chi connectivity index (χ1v) is 8.24. The summed E-state index contributed by atoms with van der Waals surface area (Å²) in [6.07, 6.45) is 1.13. The van der Waals surface area contributed by atoms with Gasteiger partial charge in [0.25, 0.3) is 11.8 Å². The van der Waals surface area contributed by atoms with Crippen molar-refractivity contribution in [3.63, 3.8) is 0 Å². The quantitative estimate of drug-likeness (QED) is 0.601. The fraction of sp³-hybridized carbons (Fsp3) is 0.105. The maximum absolute atomic E-state index is 12.8. The smallest absolute Gasteiger partial charge is 0.277 e. The Balaban J connectivity index is 1.93. The Morgan fingerprint density at radius 3 is 2.54 bits per heavy atom. The van der Waals surface area contributed by atoms with Crippen LogP contribution in [0.3, 0.4) is 0 Å². The van der Waals surface area contributed by atoms with Gasteiger partial charge >= 0.3 is 0 Å². The van der Waals surface area contributed by atoms with Crippen LogP contribution in [0, 0.1) is 0 Å². The van der Waals surface area contributed by atoms with Crippen molar-refractivity contribution < 1.29 is 19.5 Å². The molecule has 7 heteroatoms. The number of carbonyl (C=O) groups excluding carboxylic acids is 3. The molecule has 0 aromatic heterocycles. The van der Waals surface area contributed by atoms with Gasteiger partial charge in [-0.3, -0.25) is 19.3 Å². The molecule has 0 bridgehead atoms. The van der Waals surface area contributed by atoms with Crippen molar-refractivity contribution in [1.82, 2.24) is 4.90 Å². The van der Waals surface area contributed by atoms with Crippen molar-refractivity contribution in [2.24, 2.45) is 0 Å². The first-order chi connectivity index (χ1) is 12.5. The van der Waals surface area contributed by atoms with E-state index >= 15 is 0 Å². The van der Waals surface area contributed by atoms with Crippen LogP contribution < -0.4 is 5.32 Å². The van der Waals surface area contributed by atoms with Gasteiger partial charge in [-0.2, -0.15) is 0 Å². The van der Waals surface area contributed by atoms with Gasteiger partial charge in [-0.15, -0.1) is 0 Å². The molecule has 1 aliphatic rings. The minimum absolute atomic E-state index is 0.0211. The lowest BCUT2D eigenvalue weighted by molar-refractivity contribution is -0.137. The predicted octanol–water partition coefficient (Wildman–Crippen LogP) is 2.23. The third-order valence-corrected chi connectivity index (χ3v) is 4.10. The molecular weight excluding hydrogens is 356 g/mol. The van der Waals surface area contributed by atoms with Gasteiger partial charge in [-0.05, 0) is 18.2 Å². The molecule has 2 aromatic carbocycles. The number of hydrogen-bond donors (Lipinski definition) is 2. The van der Waals surface area contributed by atoms with Crippen molar-refractivity contribution >= 4 is 34.9 Å². The molecule has 1 heterocycles. The third kappa shape index (κ3) is 3.51. The fourth-order valence-electron chi connectivity index (χ4n) is 2.62. The average Bonchev–Trinajstić information content (AvgIpc) is 2.90. The Labute approximate surface area is 154 Å². The minimum Gasteiger partial charge on any atom is -0.395 e. The van der Waals surface area contributed by atoms with E-state index < -0.39 is 11.8 Å². The molecule has 0 spiro atoms. The number of aliphatic hydroxyl groups is 1. The van der Waals surface area contributed by atoms with Gasteiger partial charge in [0.2, 0.25) is 0 Å². The summed E-state index contributed by atoms with van der Waals surface area (Å²) in [5.74, 6) is -1.33. The molecule has 0 fully saturated rings. The molecule has 0 unspecified atom stereocenters. The zero-order chi connectivity index (χ0) is 18.7. The van der Waals surface area contributed by atoms with Gasteiger partial charge in [-0.25, -0.2) is 0 Å². The van der Waals surface area contributed by atoms with Crippen LogP contribution in [0.5, 0.6) is 0 Å². The SMILES string of the molecule is O=C(c1ccccc1)c1ccc(Cl)cc1NC1=CC(=O)N(CCO)C1=O. The molecule has 0 saturated carbocycles. The monoisotopic (exact) mass is 370 g/mol. The highest BCUT2D eigenvalue weighted by Crippen LogP contribution is 2.26. The summed E-state index contributed by atoms with van der Waals surface area (Å²) < 4.78 is 0. The lowest BCUT2D eigenvalue weighted by Gasteiger charge is -2.15. The summed E-state index contributed by atoms with van der Waals surface area (Å²) in [6, 6.07) is 13.4. The first-order valence-electron chi connectivity index (χ1n) is 7.86. The standard InChI is InChI=1S/C19H15ClN2O4/c20-13-6-7-14(18(25)12-4-2-1-3-5-12)15(10-13)21-16-11-17(24)22(8-9-23)19(16)26/h1-7,10-11,21,23H,8-9H2. The molecule has 6 nitrogen and oxygen atoms in total. The van der Waals surface area contributed by atoms with Crippen LogP contribution in [-0.2, 0) is 9.59 Å². The number of β-amino-alcohol motifs (C(OH)–C–C–N with tert-alkyl or cyclic N) is 1. The molecule has 0 radical (unpaired) electrons. The highest BCUT2D eigenvalue weighted by Gasteiger charge is 2.31. The summed E-state index contributed by atoms with van der Waals surface area (Å²) in [7, 11) is 0. The molecular formula is C19H15ClN2O4. The molecule has 2 amide bonds. The summed E-state index contributed by atoms with van der Waals surface area (Å²) in [6.45, 7) is -0.418. The number of amides is 2. The minimum atomic E-state index is -0.567. The third-order valence-electron chi connectivity index (χ3n) is 3.86. The van der Waals surface area contributed by atoms with Gasteiger partial charge in [0.1, 0.15) is 5.70 Å². The maximum atomic E-state index is 12.8. The number of ketones is 1. The number of halogens is 1. The Morgan fingerprint density at radius 2 is 1.85 bits per heavy atom. The number of nitrogens with zero attached hydrogens (tertiary/aromatic N) is 1. The van der Waals surface area contributed by atoms with Crippen LogP contribution in [0.2, 0.25) is 5.02 Å². The lowest BCUT2D eigenvalue weighted by atomic mass is 10.0. The van der Waals surface area contributed by atoms with Crippen molar-refractivity contribution in [2.45, 2.75) is 0 Å². The first kappa shape index (κ1) is 17.8. The topological polar surface area (TPSA) is 86.7 Å². The van der Waals surface area contributed by atoms with E-state index in [1.165, 1.54) is 6.07 Å². The van der Waals surface area contributed by atoms with E-state index in [0.29, 0.717) is 21.8 Å². The van der Waals surface area contributed by atoms with Crippen LogP contribution >= 0.6 is 11.6 Å². The molecule has 0 saturated heterocycles. The average molecular weight is 371 g/mol. The number of aliphatic hydroxyl groups excluding tert-OH is 1. The van der Waals surface area contributed by atoms with Gasteiger partial charge in [0, 0.05) is 22.2 Å². The second-order valence-electron chi connectivity index (χ2n) is 5.59. The van der Waals surface area contributed by atoms with Crippen LogP contribution in [-0.4, -0.2) is 40.8 Å². The van der Waals surface area contributed by atoms with E-state index in [2.05, 4.69) is 5.32 Å². The van der Waals surface area contributed by atoms with Gasteiger partial charge < -0.3 is 10.4 Å². The predicted molar refractivity (Wildman–Crippen MR) is 96.8 cm³/mol. The molecule has 26 heavy (non-hydrogen) atoms. The Bertz CT molecular complexity index is 909. The highest BCUT2D eigenvalue weighted by molar-refractivity contribution is 6.31. The number of carbonyl (C=O) groups is 3. The number of rotatable bonds is 6. The number of anilines is 1. The van der Waals surface area contributed by atoms with E-state index in [4.69, 9.17) is 16.7 Å². The Hall–Kier alpha value is -2.96. The van der Waals surface area contributed by atoms with E-state index in [-0.39, 0.29) is 24.6 Å². The number of benzene rings is 2. The van der Waals surface area contributed by atoms with Crippen LogP contribution in [0.25, 0.3) is 0 Å². The summed E-state index contributed by atoms with van der Waals surface area (Å²) in [5.41, 5.74) is 1.15. The summed E-state index contributed by atoms with van der Waals surface area (Å²) in [4.78, 5) is 37.8. The normalized spacial score (nSPS) is 13.8. The van der Waals surface area contributed by atoms with Crippen molar-refractivity contribution in [3.05, 3.63) is 76.5 Å². The summed E-state index contributed by atoms with van der Waals surface area (Å²) >= 11 is 6.03. The van der Waals surface area contributed by atoms with Crippen LogP contribution in [0.15, 0.2) is 60.3 Å². The zero-order valence-electron chi connectivity index (χ0n) is 13.6. The molecule has 0 aliphatic carbocycles. The zero-order valence-corrected chi connectivity index (χ0v) is 14.4. The van der Waals surface area contributed by atoms with Gasteiger partial charge in [-0.1, -0.05) is 41.9 Å². The van der Waals surface area contributed by atoms with E-state index in [0.717, 1.165) is 11.0 Å². The Morgan fingerprint density at radius 1 is 1.12 bits per heavy atom. The van der Waals surface area contributed by atoms with Crippen LogP contribution in [0.4, 0.5) is 5.69 Å². The molecule has 132 valence electrons. The molecule has 3 rings (SSSR count). The highest BCUT2D eigenvalue weighted by atomic mass is 35.5. The molecule has 2 N–H and O–H groups in total. The van der Waals surface area contributed by atoms with Crippen molar-refractivity contribution in [3.8, 4) is 0 Å².